The van der Waals surface area contributed by atoms with Gasteiger partial charge < -0.3 is 10.2 Å². The topological polar surface area (TPSA) is 75.9 Å². The highest BCUT2D eigenvalue weighted by Gasteiger charge is 2.23. The Morgan fingerprint density at radius 2 is 1.82 bits per heavy atom. The molecule has 1 aromatic heterocycles. The molecular weight excluding hydrogens is 366 g/mol. The fraction of sp³-hybridized carbons (Fsp3) is 0.263. The van der Waals surface area contributed by atoms with E-state index in [0.29, 0.717) is 22.8 Å². The van der Waals surface area contributed by atoms with Crippen molar-refractivity contribution in [3.63, 3.8) is 0 Å². The Morgan fingerprint density at radius 1 is 1.14 bits per heavy atom. The van der Waals surface area contributed by atoms with E-state index in [1.54, 1.807) is 26.2 Å². The van der Waals surface area contributed by atoms with Gasteiger partial charge in [-0.15, -0.1) is 10.2 Å². The van der Waals surface area contributed by atoms with Crippen LogP contribution in [0.2, 0.25) is 0 Å². The van der Waals surface area contributed by atoms with E-state index in [-0.39, 0.29) is 18.0 Å². The number of alkyl halides is 2. The van der Waals surface area contributed by atoms with Crippen molar-refractivity contribution in [2.24, 2.45) is 0 Å². The van der Waals surface area contributed by atoms with Gasteiger partial charge in [0.25, 0.3) is 5.92 Å². The summed E-state index contributed by atoms with van der Waals surface area (Å²) in [4.78, 5) is 14.5. The van der Waals surface area contributed by atoms with Crippen molar-refractivity contribution in [2.75, 3.05) is 19.4 Å². The van der Waals surface area contributed by atoms with Gasteiger partial charge in [-0.2, -0.15) is 4.80 Å². The lowest BCUT2D eigenvalue weighted by molar-refractivity contribution is -0.129. The molecule has 9 heteroatoms. The summed E-state index contributed by atoms with van der Waals surface area (Å²) in [6.07, 6.45) is 0. The van der Waals surface area contributed by atoms with E-state index in [4.69, 9.17) is 0 Å². The number of carbonyl (C=O) groups is 1. The monoisotopic (exact) mass is 386 g/mol. The molecule has 0 saturated heterocycles. The van der Waals surface area contributed by atoms with E-state index in [0.717, 1.165) is 6.92 Å². The van der Waals surface area contributed by atoms with Crippen LogP contribution in [-0.2, 0) is 17.3 Å². The second-order valence-electron chi connectivity index (χ2n) is 6.57. The Labute approximate surface area is 161 Å². The quantitative estimate of drug-likeness (QED) is 0.704. The molecule has 0 saturated carbocycles. The molecule has 2 aromatic carbocycles. The van der Waals surface area contributed by atoms with E-state index in [2.05, 4.69) is 20.7 Å². The van der Waals surface area contributed by atoms with Crippen LogP contribution in [0.4, 0.5) is 20.2 Å². The number of tetrazole rings is 1. The number of nitrogens with one attached hydrogen (secondary N) is 1. The second kappa shape index (κ2) is 7.71. The van der Waals surface area contributed by atoms with Crippen LogP contribution >= 0.6 is 0 Å². The van der Waals surface area contributed by atoms with Gasteiger partial charge in [-0.25, -0.2) is 8.78 Å². The molecule has 0 aliphatic carbocycles. The summed E-state index contributed by atoms with van der Waals surface area (Å²) in [6, 6.07) is 13.2. The van der Waals surface area contributed by atoms with E-state index in [1.807, 2.05) is 24.3 Å². The first-order valence-electron chi connectivity index (χ1n) is 8.57. The fourth-order valence-corrected chi connectivity index (χ4v) is 2.47. The summed E-state index contributed by atoms with van der Waals surface area (Å²) < 4.78 is 26.7. The number of halogens is 2. The molecule has 3 rings (SSSR count). The number of para-hydroxylation sites is 1. The molecule has 146 valence electrons. The fourth-order valence-electron chi connectivity index (χ4n) is 2.47. The van der Waals surface area contributed by atoms with Crippen LogP contribution in [0, 0.1) is 0 Å². The second-order valence-corrected chi connectivity index (χ2v) is 6.57. The van der Waals surface area contributed by atoms with Gasteiger partial charge in [-0.3, -0.25) is 4.79 Å². The number of hydrogen-bond donors (Lipinski definition) is 1. The smallest absolute Gasteiger partial charge is 0.270 e. The predicted octanol–water partition coefficient (Wildman–Crippen LogP) is 3.28. The van der Waals surface area contributed by atoms with Gasteiger partial charge in [0.05, 0.1) is 0 Å². The molecule has 0 unspecified atom stereocenters. The number of aromatic nitrogens is 4. The van der Waals surface area contributed by atoms with Gasteiger partial charge in [0.15, 0.2) is 0 Å². The van der Waals surface area contributed by atoms with Crippen molar-refractivity contribution in [3.8, 4) is 11.4 Å². The molecule has 0 aliphatic rings. The third-order valence-corrected chi connectivity index (χ3v) is 4.07. The first-order chi connectivity index (χ1) is 13.2. The molecule has 3 aromatic rings. The summed E-state index contributed by atoms with van der Waals surface area (Å²) in [5, 5.41) is 15.4. The summed E-state index contributed by atoms with van der Waals surface area (Å²) in [7, 11) is 3.30. The van der Waals surface area contributed by atoms with Crippen LogP contribution in [0.1, 0.15) is 12.5 Å². The first-order valence-corrected chi connectivity index (χ1v) is 8.57. The lowest BCUT2D eigenvalue weighted by atomic mass is 10.1. The standard InChI is InChI=1S/C19H20F2N6O/c1-19(20,21)13-8-10-14(11-9-13)22-16-7-5-4-6-15(16)18-23-25-27(24-18)12-17(28)26(2)3/h4-11,22H,12H2,1-3H3. The van der Waals surface area contributed by atoms with Crippen molar-refractivity contribution in [3.05, 3.63) is 54.1 Å². The minimum atomic E-state index is -2.89. The summed E-state index contributed by atoms with van der Waals surface area (Å²) in [6.45, 7) is 0.850. The minimum Gasteiger partial charge on any atom is -0.355 e. The number of likely N-dealkylation sites (N-methyl/N-ethyl adjacent to an activating group) is 1. The Morgan fingerprint density at radius 3 is 2.46 bits per heavy atom. The van der Waals surface area contributed by atoms with Crippen LogP contribution in [0.3, 0.4) is 0 Å². The highest BCUT2D eigenvalue weighted by Crippen LogP contribution is 2.30. The molecular formula is C19H20F2N6O. The predicted molar refractivity (Wildman–Crippen MR) is 101 cm³/mol. The molecule has 0 spiro atoms. The number of amides is 1. The third kappa shape index (κ3) is 4.48. The molecule has 1 N–H and O–H groups in total. The Balaban J connectivity index is 1.82. The zero-order chi connectivity index (χ0) is 20.3. The maximum absolute atomic E-state index is 13.4. The molecule has 0 fully saturated rings. The van der Waals surface area contributed by atoms with Crippen molar-refractivity contribution < 1.29 is 13.6 Å². The molecule has 1 amide bonds. The third-order valence-electron chi connectivity index (χ3n) is 4.07. The molecule has 0 bridgehead atoms. The zero-order valence-corrected chi connectivity index (χ0v) is 15.7. The van der Waals surface area contributed by atoms with Crippen molar-refractivity contribution >= 4 is 17.3 Å². The molecule has 7 nitrogen and oxygen atoms in total. The van der Waals surface area contributed by atoms with E-state index < -0.39 is 5.92 Å². The van der Waals surface area contributed by atoms with E-state index in [9.17, 15) is 13.6 Å². The van der Waals surface area contributed by atoms with Crippen molar-refractivity contribution in [1.29, 1.82) is 0 Å². The van der Waals surface area contributed by atoms with Gasteiger partial charge >= 0.3 is 0 Å². The van der Waals surface area contributed by atoms with Crippen molar-refractivity contribution in [2.45, 2.75) is 19.4 Å². The average molecular weight is 386 g/mol. The maximum Gasteiger partial charge on any atom is 0.270 e. The van der Waals surface area contributed by atoms with Crippen LogP contribution in [-0.4, -0.2) is 45.1 Å². The highest BCUT2D eigenvalue weighted by molar-refractivity contribution is 5.77. The van der Waals surface area contributed by atoms with Gasteiger partial charge in [-0.1, -0.05) is 24.3 Å². The molecule has 0 atom stereocenters. The van der Waals surface area contributed by atoms with Crippen LogP contribution < -0.4 is 5.32 Å². The summed E-state index contributed by atoms with van der Waals surface area (Å²) >= 11 is 0. The van der Waals surface area contributed by atoms with Crippen LogP contribution in [0.25, 0.3) is 11.4 Å². The number of benzene rings is 2. The number of hydrogen-bond acceptors (Lipinski definition) is 5. The molecule has 28 heavy (non-hydrogen) atoms. The number of carbonyl (C=O) groups excluding carboxylic acids is 1. The molecule has 0 aliphatic heterocycles. The molecule has 1 heterocycles. The Kier molecular flexibility index (Phi) is 5.34. The van der Waals surface area contributed by atoms with Gasteiger partial charge in [-0.05, 0) is 29.5 Å². The maximum atomic E-state index is 13.4. The number of anilines is 2. The van der Waals surface area contributed by atoms with Gasteiger partial charge in [0.2, 0.25) is 11.7 Å². The Bertz CT molecular complexity index is 963. The van der Waals surface area contributed by atoms with Crippen molar-refractivity contribution in [1.82, 2.24) is 25.1 Å². The van der Waals surface area contributed by atoms with Gasteiger partial charge in [0, 0.05) is 43.5 Å². The first kappa shape index (κ1) is 19.4. The highest BCUT2D eigenvalue weighted by atomic mass is 19.3. The number of rotatable bonds is 6. The van der Waals surface area contributed by atoms with Crippen LogP contribution in [0.5, 0.6) is 0 Å². The zero-order valence-electron chi connectivity index (χ0n) is 15.7. The lowest BCUT2D eigenvalue weighted by Crippen LogP contribution is -2.27. The molecule has 0 radical (unpaired) electrons. The minimum absolute atomic E-state index is 0.0116. The summed E-state index contributed by atoms with van der Waals surface area (Å²) in [5.74, 6) is -2.68. The summed E-state index contributed by atoms with van der Waals surface area (Å²) in [5.41, 5.74) is 1.96. The largest absolute Gasteiger partial charge is 0.355 e. The van der Waals surface area contributed by atoms with E-state index in [1.165, 1.54) is 21.8 Å². The average Bonchev–Trinajstić information content (AvgIpc) is 3.10. The SMILES string of the molecule is CN(C)C(=O)Cn1nnc(-c2ccccc2Nc2ccc(C(C)(F)F)cc2)n1. The Hall–Kier alpha value is -3.36. The van der Waals surface area contributed by atoms with E-state index >= 15 is 0 Å². The lowest BCUT2D eigenvalue weighted by Gasteiger charge is -2.13. The van der Waals surface area contributed by atoms with Crippen LogP contribution in [0.15, 0.2) is 48.5 Å². The number of nitrogens with zero attached hydrogens (tertiary/aromatic N) is 5. The normalized spacial score (nSPS) is 11.3. The van der Waals surface area contributed by atoms with Gasteiger partial charge in [0.1, 0.15) is 6.54 Å².